The lowest BCUT2D eigenvalue weighted by Gasteiger charge is -2.14. The number of aliphatic hydroxyl groups excluding tert-OH is 1. The van der Waals surface area contributed by atoms with Crippen LogP contribution in [0.2, 0.25) is 0 Å². The molecule has 6 heteroatoms. The third kappa shape index (κ3) is 1.90. The third-order valence-corrected chi connectivity index (χ3v) is 4.24. The second-order valence-corrected chi connectivity index (χ2v) is 5.55. The molecule has 3 aliphatic rings. The molecule has 6 nitrogen and oxygen atoms in total. The van der Waals surface area contributed by atoms with Crippen molar-refractivity contribution in [3.63, 3.8) is 0 Å². The molecular weight excluding hydrogens is 234 g/mol. The highest BCUT2D eigenvalue weighted by Gasteiger charge is 2.53. The van der Waals surface area contributed by atoms with Crippen LogP contribution in [-0.2, 0) is 0 Å². The molecule has 0 heterocycles. The van der Waals surface area contributed by atoms with E-state index in [9.17, 15) is 15.2 Å². The number of rotatable bonds is 4. The molecule has 3 saturated carbocycles. The number of fused-ring (bicyclic) bond motifs is 1. The van der Waals surface area contributed by atoms with E-state index in [1.54, 1.807) is 0 Å². The average Bonchev–Trinajstić information content (AvgIpc) is 3.21. The van der Waals surface area contributed by atoms with Crippen molar-refractivity contribution in [2.75, 3.05) is 0 Å². The van der Waals surface area contributed by atoms with Crippen LogP contribution in [0.4, 0.5) is 0 Å². The summed E-state index contributed by atoms with van der Waals surface area (Å²) < 4.78 is 0. The molecule has 3 rings (SSSR count). The van der Waals surface area contributed by atoms with Crippen molar-refractivity contribution >= 4 is 5.71 Å². The molecule has 98 valence electrons. The zero-order valence-corrected chi connectivity index (χ0v) is 10.0. The second kappa shape index (κ2) is 4.05. The summed E-state index contributed by atoms with van der Waals surface area (Å²) in [6, 6.07) is -0.167. The molecule has 0 spiro atoms. The first kappa shape index (κ1) is 11.6. The smallest absolute Gasteiger partial charge is 0.305 e. The summed E-state index contributed by atoms with van der Waals surface area (Å²) in [5.74, 6) is 1.12. The van der Waals surface area contributed by atoms with Gasteiger partial charge >= 0.3 is 5.70 Å². The van der Waals surface area contributed by atoms with Crippen LogP contribution in [0.5, 0.6) is 0 Å². The third-order valence-electron chi connectivity index (χ3n) is 4.24. The Morgan fingerprint density at radius 2 is 2.17 bits per heavy atom. The summed E-state index contributed by atoms with van der Waals surface area (Å²) in [6.07, 6.45) is 4.41. The van der Waals surface area contributed by atoms with Crippen LogP contribution in [0.1, 0.15) is 25.7 Å². The number of aliphatic hydroxyl groups is 1. The van der Waals surface area contributed by atoms with Crippen molar-refractivity contribution < 1.29 is 10.0 Å². The summed E-state index contributed by atoms with van der Waals surface area (Å²) in [4.78, 5) is 14.9. The van der Waals surface area contributed by atoms with Gasteiger partial charge in [-0.25, -0.2) is 0 Å². The fraction of sp³-hybridized carbons (Fsp3) is 0.750. The first-order valence-corrected chi connectivity index (χ1v) is 6.44. The molecule has 0 bridgehead atoms. The normalized spacial score (nSPS) is 39.6. The van der Waals surface area contributed by atoms with Crippen LogP contribution in [0.25, 0.3) is 0 Å². The second-order valence-electron chi connectivity index (χ2n) is 5.55. The van der Waals surface area contributed by atoms with Crippen LogP contribution in [0.15, 0.2) is 16.9 Å². The molecule has 0 amide bonds. The van der Waals surface area contributed by atoms with Crippen LogP contribution in [-0.4, -0.2) is 27.9 Å². The molecule has 4 atom stereocenters. The van der Waals surface area contributed by atoms with E-state index in [-0.39, 0.29) is 17.7 Å². The van der Waals surface area contributed by atoms with E-state index < -0.39 is 11.0 Å². The Hall–Kier alpha value is -1.43. The fourth-order valence-corrected chi connectivity index (χ4v) is 2.98. The van der Waals surface area contributed by atoms with Gasteiger partial charge in [0.15, 0.2) is 0 Å². The van der Waals surface area contributed by atoms with Crippen LogP contribution >= 0.6 is 0 Å². The summed E-state index contributed by atoms with van der Waals surface area (Å²) in [5.41, 5.74) is 5.74. The van der Waals surface area contributed by atoms with E-state index in [0.29, 0.717) is 17.5 Å². The van der Waals surface area contributed by atoms with Gasteiger partial charge in [0.2, 0.25) is 0 Å². The fourth-order valence-electron chi connectivity index (χ4n) is 2.98. The van der Waals surface area contributed by atoms with Gasteiger partial charge in [0.1, 0.15) is 5.71 Å². The number of nitrogens with two attached hydrogens (primary N) is 1. The first-order valence-electron chi connectivity index (χ1n) is 6.44. The number of aliphatic imine (C=N–C) groups is 1. The van der Waals surface area contributed by atoms with Crippen LogP contribution in [0.3, 0.4) is 0 Å². The predicted octanol–water partition coefficient (Wildman–Crippen LogP) is 0.683. The lowest BCUT2D eigenvalue weighted by molar-refractivity contribution is -0.415. The van der Waals surface area contributed by atoms with Gasteiger partial charge in [-0.05, 0) is 37.5 Å². The Morgan fingerprint density at radius 1 is 1.44 bits per heavy atom. The van der Waals surface area contributed by atoms with E-state index in [1.807, 2.05) is 0 Å². The first-order chi connectivity index (χ1) is 8.61. The van der Waals surface area contributed by atoms with Gasteiger partial charge in [-0.2, -0.15) is 0 Å². The molecule has 0 saturated heterocycles. The highest BCUT2D eigenvalue weighted by atomic mass is 16.6. The largest absolute Gasteiger partial charge is 0.399 e. The monoisotopic (exact) mass is 251 g/mol. The molecule has 0 aromatic rings. The molecule has 0 aromatic carbocycles. The van der Waals surface area contributed by atoms with E-state index in [2.05, 4.69) is 4.99 Å². The standard InChI is InChI=1S/C12H17N3O3/c13-5-10(15(17)18)11(6-1-2-6)14-9-4-7-3-8(7)12(9)16/h5-9,12,16H,1-4,13H2. The van der Waals surface area contributed by atoms with Gasteiger partial charge in [-0.3, -0.25) is 15.1 Å². The molecule has 4 unspecified atom stereocenters. The average molecular weight is 251 g/mol. The van der Waals surface area contributed by atoms with Crippen molar-refractivity contribution in [3.05, 3.63) is 22.0 Å². The van der Waals surface area contributed by atoms with E-state index in [1.165, 1.54) is 0 Å². The Bertz CT molecular complexity index is 442. The quantitative estimate of drug-likeness (QED) is 0.436. The highest BCUT2D eigenvalue weighted by Crippen LogP contribution is 2.53. The molecule has 0 aromatic heterocycles. The summed E-state index contributed by atoms with van der Waals surface area (Å²) >= 11 is 0. The van der Waals surface area contributed by atoms with Crippen molar-refractivity contribution in [3.8, 4) is 0 Å². The van der Waals surface area contributed by atoms with Crippen molar-refractivity contribution in [2.45, 2.75) is 37.8 Å². The maximum absolute atomic E-state index is 10.9. The number of nitro groups is 1. The highest BCUT2D eigenvalue weighted by molar-refractivity contribution is 6.01. The summed E-state index contributed by atoms with van der Waals surface area (Å²) in [7, 11) is 0. The Balaban J connectivity index is 1.83. The van der Waals surface area contributed by atoms with Gasteiger partial charge in [-0.1, -0.05) is 0 Å². The molecular formula is C12H17N3O3. The Labute approximate surface area is 105 Å². The van der Waals surface area contributed by atoms with Crippen LogP contribution in [0, 0.1) is 27.9 Å². The minimum Gasteiger partial charge on any atom is -0.399 e. The van der Waals surface area contributed by atoms with Gasteiger partial charge in [0, 0.05) is 5.92 Å². The SMILES string of the molecule is NC=C(C(=NC1CC2CC2C1O)C1CC1)[N+](=O)[O-]. The zero-order valence-electron chi connectivity index (χ0n) is 10.0. The van der Waals surface area contributed by atoms with Gasteiger partial charge in [0.25, 0.3) is 0 Å². The van der Waals surface area contributed by atoms with Gasteiger partial charge < -0.3 is 10.8 Å². The maximum Gasteiger partial charge on any atom is 0.305 e. The predicted molar refractivity (Wildman–Crippen MR) is 65.4 cm³/mol. The number of allylic oxidation sites excluding steroid dienone is 1. The lowest BCUT2D eigenvalue weighted by atomic mass is 10.1. The number of hydrogen-bond donors (Lipinski definition) is 2. The van der Waals surface area contributed by atoms with E-state index in [0.717, 1.165) is 31.9 Å². The lowest BCUT2D eigenvalue weighted by Crippen LogP contribution is -2.25. The molecule has 18 heavy (non-hydrogen) atoms. The van der Waals surface area contributed by atoms with Gasteiger partial charge in [0.05, 0.1) is 23.3 Å². The number of nitrogens with zero attached hydrogens (tertiary/aromatic N) is 2. The maximum atomic E-state index is 10.9. The van der Waals surface area contributed by atoms with Crippen molar-refractivity contribution in [1.29, 1.82) is 0 Å². The molecule has 3 N–H and O–H groups in total. The zero-order chi connectivity index (χ0) is 12.9. The van der Waals surface area contributed by atoms with Crippen LogP contribution < -0.4 is 5.73 Å². The van der Waals surface area contributed by atoms with Crippen molar-refractivity contribution in [2.24, 2.45) is 28.5 Å². The van der Waals surface area contributed by atoms with E-state index in [4.69, 9.17) is 5.73 Å². The molecule has 0 aliphatic heterocycles. The minimum absolute atomic E-state index is 0.0923. The Kier molecular flexibility index (Phi) is 2.62. The number of hydrogen-bond acceptors (Lipinski definition) is 5. The van der Waals surface area contributed by atoms with Gasteiger partial charge in [-0.15, -0.1) is 0 Å². The molecule has 3 aliphatic carbocycles. The summed E-state index contributed by atoms with van der Waals surface area (Å²) in [6.45, 7) is 0. The molecule has 0 radical (unpaired) electrons. The van der Waals surface area contributed by atoms with Crippen molar-refractivity contribution in [1.82, 2.24) is 0 Å². The minimum atomic E-state index is -0.473. The Morgan fingerprint density at radius 3 is 2.61 bits per heavy atom. The summed E-state index contributed by atoms with van der Waals surface area (Å²) in [5, 5.41) is 21.0. The molecule has 3 fully saturated rings. The topological polar surface area (TPSA) is 102 Å². The van der Waals surface area contributed by atoms with E-state index >= 15 is 0 Å².